The van der Waals surface area contributed by atoms with Crippen LogP contribution >= 0.6 is 0 Å². The molecular formula is C26H32N4O2. The lowest BCUT2D eigenvalue weighted by atomic mass is 9.47. The Morgan fingerprint density at radius 2 is 1.88 bits per heavy atom. The number of carbonyl (C=O) groups excluding carboxylic acids is 1. The minimum Gasteiger partial charge on any atom is -0.390 e. The van der Waals surface area contributed by atoms with Crippen molar-refractivity contribution in [3.8, 4) is 11.4 Å². The van der Waals surface area contributed by atoms with Gasteiger partial charge in [0.15, 0.2) is 5.82 Å². The molecule has 0 spiro atoms. The number of likely N-dealkylation sites (tertiary alicyclic amines) is 1. The summed E-state index contributed by atoms with van der Waals surface area (Å²) in [6.07, 6.45) is 14.3. The Morgan fingerprint density at radius 3 is 2.62 bits per heavy atom. The first-order valence-electron chi connectivity index (χ1n) is 12.2. The number of carbonyl (C=O) groups is 1. The van der Waals surface area contributed by atoms with Crippen LogP contribution in [-0.2, 0) is 4.79 Å². The number of amides is 1. The molecular weight excluding hydrogens is 400 g/mol. The van der Waals surface area contributed by atoms with Crippen LogP contribution in [0.4, 0.5) is 0 Å². The van der Waals surface area contributed by atoms with Crippen molar-refractivity contribution in [3.05, 3.63) is 42.5 Å². The summed E-state index contributed by atoms with van der Waals surface area (Å²) in [6.45, 7) is 1.57. The molecule has 6 nitrogen and oxygen atoms in total. The van der Waals surface area contributed by atoms with E-state index in [4.69, 9.17) is 4.98 Å². The molecule has 1 saturated heterocycles. The standard InChI is InChI=1S/C26H32N4O2/c31-23(15-25-11-18-10-19(12-25)14-26(32,13-18)17-25)30-9-1-2-21(16-30)22-5-8-28-24(29-22)20-3-6-27-7-4-20/h3-8,18-19,21,32H,1-2,9-17H2. The molecule has 7 rings (SSSR count). The predicted octanol–water partition coefficient (Wildman–Crippen LogP) is 3.97. The second-order valence-electron chi connectivity index (χ2n) is 11.1. The van der Waals surface area contributed by atoms with E-state index in [0.29, 0.717) is 18.3 Å². The fourth-order valence-electron chi connectivity index (χ4n) is 7.73. The Morgan fingerprint density at radius 1 is 1.09 bits per heavy atom. The maximum Gasteiger partial charge on any atom is 0.223 e. The lowest BCUT2D eigenvalue weighted by molar-refractivity contribution is -0.172. The molecule has 5 aliphatic rings. The van der Waals surface area contributed by atoms with Gasteiger partial charge in [0.25, 0.3) is 0 Å². The summed E-state index contributed by atoms with van der Waals surface area (Å²) in [5.74, 6) is 2.49. The van der Waals surface area contributed by atoms with Crippen LogP contribution in [0.15, 0.2) is 36.8 Å². The highest BCUT2D eigenvalue weighted by molar-refractivity contribution is 5.77. The van der Waals surface area contributed by atoms with Gasteiger partial charge in [-0.3, -0.25) is 9.78 Å². The molecule has 3 heterocycles. The van der Waals surface area contributed by atoms with Gasteiger partial charge in [0.2, 0.25) is 5.91 Å². The number of hydrogen-bond donors (Lipinski definition) is 1. The number of rotatable bonds is 4. The summed E-state index contributed by atoms with van der Waals surface area (Å²) < 4.78 is 0. The van der Waals surface area contributed by atoms with Crippen molar-refractivity contribution >= 4 is 5.91 Å². The molecule has 0 radical (unpaired) electrons. The van der Waals surface area contributed by atoms with Crippen molar-refractivity contribution < 1.29 is 9.90 Å². The maximum atomic E-state index is 13.5. The molecule has 3 atom stereocenters. The average Bonchev–Trinajstić information content (AvgIpc) is 2.78. The van der Waals surface area contributed by atoms with Gasteiger partial charge in [-0.15, -0.1) is 0 Å². The summed E-state index contributed by atoms with van der Waals surface area (Å²) >= 11 is 0. The van der Waals surface area contributed by atoms with E-state index in [1.165, 1.54) is 6.42 Å². The monoisotopic (exact) mass is 432 g/mol. The summed E-state index contributed by atoms with van der Waals surface area (Å²) in [5, 5.41) is 11.1. The van der Waals surface area contributed by atoms with Gasteiger partial charge in [-0.05, 0) is 86.8 Å². The van der Waals surface area contributed by atoms with Crippen LogP contribution < -0.4 is 0 Å². The lowest BCUT2D eigenvalue weighted by Gasteiger charge is -2.60. The van der Waals surface area contributed by atoms with Gasteiger partial charge in [-0.2, -0.15) is 0 Å². The van der Waals surface area contributed by atoms with Crippen LogP contribution in [0.2, 0.25) is 0 Å². The minimum absolute atomic E-state index is 0.0340. The van der Waals surface area contributed by atoms with Gasteiger partial charge in [0.1, 0.15) is 0 Å². The molecule has 0 aromatic carbocycles. The van der Waals surface area contributed by atoms with E-state index in [2.05, 4.69) is 14.9 Å². The normalized spacial score (nSPS) is 35.8. The van der Waals surface area contributed by atoms with Gasteiger partial charge in [-0.25, -0.2) is 9.97 Å². The van der Waals surface area contributed by atoms with Crippen LogP contribution in [0.25, 0.3) is 11.4 Å². The first-order chi connectivity index (χ1) is 15.5. The first kappa shape index (κ1) is 20.3. The van der Waals surface area contributed by atoms with Crippen LogP contribution in [0.5, 0.6) is 0 Å². The third-order valence-electron chi connectivity index (χ3n) is 8.49. The predicted molar refractivity (Wildman–Crippen MR) is 120 cm³/mol. The van der Waals surface area contributed by atoms with E-state index in [9.17, 15) is 9.90 Å². The number of piperidine rings is 1. The Kier molecular flexibility index (Phi) is 4.83. The Hall–Kier alpha value is -2.34. The van der Waals surface area contributed by atoms with E-state index < -0.39 is 5.60 Å². The number of aromatic nitrogens is 3. The average molecular weight is 433 g/mol. The molecule has 1 N–H and O–H groups in total. The lowest BCUT2D eigenvalue weighted by Crippen LogP contribution is -2.56. The molecule has 1 aliphatic heterocycles. The number of aliphatic hydroxyl groups is 1. The van der Waals surface area contributed by atoms with Gasteiger partial charge in [0, 0.05) is 55.3 Å². The molecule has 4 saturated carbocycles. The smallest absolute Gasteiger partial charge is 0.223 e. The van der Waals surface area contributed by atoms with Crippen molar-refractivity contribution in [3.63, 3.8) is 0 Å². The molecule has 2 aromatic rings. The summed E-state index contributed by atoms with van der Waals surface area (Å²) in [4.78, 5) is 28.9. The zero-order valence-electron chi connectivity index (χ0n) is 18.6. The van der Waals surface area contributed by atoms with Gasteiger partial charge in [-0.1, -0.05) is 0 Å². The van der Waals surface area contributed by atoms with Crippen LogP contribution in [0.3, 0.4) is 0 Å². The second kappa shape index (κ2) is 7.62. The van der Waals surface area contributed by atoms with Crippen molar-refractivity contribution in [2.24, 2.45) is 17.3 Å². The van der Waals surface area contributed by atoms with Crippen LogP contribution in [0.1, 0.15) is 69.4 Å². The van der Waals surface area contributed by atoms with Gasteiger partial charge < -0.3 is 10.0 Å². The highest BCUT2D eigenvalue weighted by Crippen LogP contribution is 2.63. The molecule has 168 valence electrons. The Bertz CT molecular complexity index is 996. The first-order valence-corrected chi connectivity index (χ1v) is 12.2. The molecule has 1 amide bonds. The fraction of sp³-hybridized carbons (Fsp3) is 0.615. The SMILES string of the molecule is O=C(CC12CC3CC(CC(O)(C3)C1)C2)N1CCCC(c2ccnc(-c3ccncc3)n2)C1. The number of pyridine rings is 1. The molecule has 3 unspecified atom stereocenters. The van der Waals surface area contributed by atoms with E-state index in [1.807, 2.05) is 24.4 Å². The van der Waals surface area contributed by atoms with Crippen LogP contribution in [0, 0.1) is 17.3 Å². The molecule has 2 aromatic heterocycles. The second-order valence-corrected chi connectivity index (χ2v) is 11.1. The molecule has 4 aliphatic carbocycles. The van der Waals surface area contributed by atoms with E-state index >= 15 is 0 Å². The molecule has 32 heavy (non-hydrogen) atoms. The van der Waals surface area contributed by atoms with Crippen LogP contribution in [-0.4, -0.2) is 49.6 Å². The Labute approximate surface area is 189 Å². The summed E-state index contributed by atoms with van der Waals surface area (Å²) in [6, 6.07) is 5.85. The van der Waals surface area contributed by atoms with Crippen molar-refractivity contribution in [1.29, 1.82) is 0 Å². The fourth-order valence-corrected chi connectivity index (χ4v) is 7.73. The highest BCUT2D eigenvalue weighted by atomic mass is 16.3. The van der Waals surface area contributed by atoms with Crippen molar-refractivity contribution in [2.75, 3.05) is 13.1 Å². The van der Waals surface area contributed by atoms with Crippen molar-refractivity contribution in [1.82, 2.24) is 19.9 Å². The van der Waals surface area contributed by atoms with E-state index in [1.54, 1.807) is 12.4 Å². The zero-order chi connectivity index (χ0) is 21.8. The van der Waals surface area contributed by atoms with E-state index in [0.717, 1.165) is 75.1 Å². The largest absolute Gasteiger partial charge is 0.390 e. The summed E-state index contributed by atoms with van der Waals surface area (Å²) in [5.41, 5.74) is 1.52. The number of hydrogen-bond acceptors (Lipinski definition) is 5. The molecule has 5 fully saturated rings. The zero-order valence-corrected chi connectivity index (χ0v) is 18.6. The summed E-state index contributed by atoms with van der Waals surface area (Å²) in [7, 11) is 0. The topological polar surface area (TPSA) is 79.2 Å². The minimum atomic E-state index is -0.501. The number of nitrogens with zero attached hydrogens (tertiary/aromatic N) is 4. The van der Waals surface area contributed by atoms with Crippen molar-refractivity contribution in [2.45, 2.75) is 69.3 Å². The Balaban J connectivity index is 1.16. The highest BCUT2D eigenvalue weighted by Gasteiger charge is 2.57. The third kappa shape index (κ3) is 3.72. The van der Waals surface area contributed by atoms with Gasteiger partial charge in [0.05, 0.1) is 5.60 Å². The third-order valence-corrected chi connectivity index (χ3v) is 8.49. The molecule has 6 heteroatoms. The quantitative estimate of drug-likeness (QED) is 0.791. The van der Waals surface area contributed by atoms with E-state index in [-0.39, 0.29) is 17.2 Å². The van der Waals surface area contributed by atoms with Gasteiger partial charge >= 0.3 is 0 Å². The molecule has 4 bridgehead atoms. The maximum absolute atomic E-state index is 13.5.